The standard InChI is InChI=1S/C26H32N4O/c1-3-4-5-7-19(2)24-16-25(24)29-26(31)30-12-10-20(11-13-30)14-21-8-6-9-22(15-21)23-17-27-28-18-23/h3-9,15,17-18,20,24-25H,2,10-14,16H2,1H3,(H,27,28)(H,29,31)/b4-3-,7-5-/t24-,25?/m0/s1. The van der Waals surface area contributed by atoms with Gasteiger partial charge in [0.1, 0.15) is 0 Å². The Morgan fingerprint density at radius 2 is 2.13 bits per heavy atom. The first-order chi connectivity index (χ1) is 15.1. The van der Waals surface area contributed by atoms with Crippen LogP contribution in [0.4, 0.5) is 4.79 Å². The first-order valence-corrected chi connectivity index (χ1v) is 11.3. The molecule has 2 amide bonds. The highest BCUT2D eigenvalue weighted by atomic mass is 16.2. The first-order valence-electron chi connectivity index (χ1n) is 11.3. The van der Waals surface area contributed by atoms with Crippen molar-refractivity contribution in [1.29, 1.82) is 0 Å². The minimum atomic E-state index is 0.0816. The van der Waals surface area contributed by atoms with Crippen LogP contribution in [0.2, 0.25) is 0 Å². The quantitative estimate of drug-likeness (QED) is 0.616. The van der Waals surface area contributed by atoms with Crippen molar-refractivity contribution in [2.45, 2.75) is 38.6 Å². The van der Waals surface area contributed by atoms with E-state index in [1.165, 1.54) is 11.1 Å². The van der Waals surface area contributed by atoms with Gasteiger partial charge in [-0.25, -0.2) is 4.79 Å². The number of benzene rings is 1. The Morgan fingerprint density at radius 1 is 1.29 bits per heavy atom. The van der Waals surface area contributed by atoms with E-state index in [4.69, 9.17) is 0 Å². The zero-order chi connectivity index (χ0) is 21.6. The molecular weight excluding hydrogens is 384 g/mol. The summed E-state index contributed by atoms with van der Waals surface area (Å²) in [6, 6.07) is 9.02. The molecule has 162 valence electrons. The molecule has 2 heterocycles. The van der Waals surface area contributed by atoms with E-state index in [0.29, 0.717) is 11.8 Å². The maximum atomic E-state index is 12.7. The smallest absolute Gasteiger partial charge is 0.317 e. The normalized spacial score (nSPS) is 21.6. The summed E-state index contributed by atoms with van der Waals surface area (Å²) in [7, 11) is 0. The van der Waals surface area contributed by atoms with E-state index in [2.05, 4.69) is 46.4 Å². The van der Waals surface area contributed by atoms with Gasteiger partial charge in [-0.2, -0.15) is 5.10 Å². The Balaban J connectivity index is 1.22. The van der Waals surface area contributed by atoms with Gasteiger partial charge in [-0.15, -0.1) is 0 Å². The fourth-order valence-electron chi connectivity index (χ4n) is 4.39. The second kappa shape index (κ2) is 9.82. The van der Waals surface area contributed by atoms with E-state index in [0.717, 1.165) is 49.9 Å². The Kier molecular flexibility index (Phi) is 6.70. The molecule has 1 unspecified atom stereocenters. The number of amides is 2. The zero-order valence-corrected chi connectivity index (χ0v) is 18.3. The van der Waals surface area contributed by atoms with Crippen LogP contribution in [-0.2, 0) is 6.42 Å². The third-order valence-electron chi connectivity index (χ3n) is 6.37. The molecule has 1 aromatic carbocycles. The molecule has 0 spiro atoms. The van der Waals surface area contributed by atoms with Crippen LogP contribution < -0.4 is 5.32 Å². The number of carbonyl (C=O) groups excluding carboxylic acids is 1. The number of piperidine rings is 1. The SMILES string of the molecule is C=C(/C=C\C=C/C)[C@@H]1CC1NC(=O)N1CCC(Cc2cccc(-c3cn[nH]c3)c2)CC1. The van der Waals surface area contributed by atoms with Crippen molar-refractivity contribution in [2.75, 3.05) is 13.1 Å². The van der Waals surface area contributed by atoms with Gasteiger partial charge in [0.15, 0.2) is 0 Å². The summed E-state index contributed by atoms with van der Waals surface area (Å²) >= 11 is 0. The van der Waals surface area contributed by atoms with E-state index in [1.807, 2.05) is 48.5 Å². The summed E-state index contributed by atoms with van der Waals surface area (Å²) in [5.74, 6) is 0.999. The van der Waals surface area contributed by atoms with Crippen LogP contribution in [0.1, 0.15) is 31.7 Å². The van der Waals surface area contributed by atoms with Gasteiger partial charge >= 0.3 is 6.03 Å². The number of carbonyl (C=O) groups is 1. The molecule has 2 aliphatic rings. The zero-order valence-electron chi connectivity index (χ0n) is 18.3. The van der Waals surface area contributed by atoms with Gasteiger partial charge in [-0.05, 0) is 55.2 Å². The highest BCUT2D eigenvalue weighted by Gasteiger charge is 2.40. The average Bonchev–Trinajstić information content (AvgIpc) is 3.32. The molecule has 1 saturated carbocycles. The van der Waals surface area contributed by atoms with E-state index in [-0.39, 0.29) is 12.1 Å². The molecule has 5 heteroatoms. The number of likely N-dealkylation sites (tertiary alicyclic amines) is 1. The second-order valence-electron chi connectivity index (χ2n) is 8.68. The number of rotatable bonds is 7. The van der Waals surface area contributed by atoms with Crippen LogP contribution in [0, 0.1) is 11.8 Å². The van der Waals surface area contributed by atoms with Crippen molar-refractivity contribution in [3.05, 3.63) is 78.7 Å². The lowest BCUT2D eigenvalue weighted by atomic mass is 9.89. The summed E-state index contributed by atoms with van der Waals surface area (Å²) in [5, 5.41) is 10.1. The van der Waals surface area contributed by atoms with E-state index < -0.39 is 0 Å². The Bertz CT molecular complexity index is 952. The fraction of sp³-hybridized carbons (Fsp3) is 0.385. The lowest BCUT2D eigenvalue weighted by Crippen LogP contribution is -2.45. The van der Waals surface area contributed by atoms with Crippen molar-refractivity contribution in [3.63, 3.8) is 0 Å². The highest BCUT2D eigenvalue weighted by molar-refractivity contribution is 5.75. The van der Waals surface area contributed by atoms with Gasteiger partial charge in [0.05, 0.1) is 6.20 Å². The van der Waals surface area contributed by atoms with Gasteiger partial charge in [0, 0.05) is 36.8 Å². The lowest BCUT2D eigenvalue weighted by Gasteiger charge is -2.32. The van der Waals surface area contributed by atoms with E-state index in [9.17, 15) is 4.79 Å². The van der Waals surface area contributed by atoms with Crippen molar-refractivity contribution < 1.29 is 4.79 Å². The largest absolute Gasteiger partial charge is 0.335 e. The summed E-state index contributed by atoms with van der Waals surface area (Å²) in [4.78, 5) is 14.6. The number of hydrogen-bond acceptors (Lipinski definition) is 2. The predicted molar refractivity (Wildman–Crippen MR) is 126 cm³/mol. The van der Waals surface area contributed by atoms with Crippen molar-refractivity contribution in [2.24, 2.45) is 11.8 Å². The molecule has 2 N–H and O–H groups in total. The molecule has 1 saturated heterocycles. The maximum Gasteiger partial charge on any atom is 0.317 e. The van der Waals surface area contributed by atoms with Crippen molar-refractivity contribution in [1.82, 2.24) is 20.4 Å². The van der Waals surface area contributed by atoms with E-state index in [1.54, 1.807) is 0 Å². The minimum absolute atomic E-state index is 0.0816. The second-order valence-corrected chi connectivity index (χ2v) is 8.68. The molecule has 4 rings (SSSR count). The molecule has 31 heavy (non-hydrogen) atoms. The number of H-pyrrole nitrogens is 1. The summed E-state index contributed by atoms with van der Waals surface area (Å²) in [6.07, 6.45) is 16.0. The highest BCUT2D eigenvalue weighted by Crippen LogP contribution is 2.37. The van der Waals surface area contributed by atoms with Crippen LogP contribution >= 0.6 is 0 Å². The van der Waals surface area contributed by atoms with Crippen LogP contribution in [0.5, 0.6) is 0 Å². The summed E-state index contributed by atoms with van der Waals surface area (Å²) < 4.78 is 0. The number of allylic oxidation sites excluding steroid dienone is 4. The Morgan fingerprint density at radius 3 is 2.87 bits per heavy atom. The third kappa shape index (κ3) is 5.54. The molecule has 1 aromatic heterocycles. The number of aromatic nitrogens is 2. The van der Waals surface area contributed by atoms with Crippen molar-refractivity contribution in [3.8, 4) is 11.1 Å². The van der Waals surface area contributed by atoms with Gasteiger partial charge in [-0.3, -0.25) is 5.10 Å². The topological polar surface area (TPSA) is 61.0 Å². The summed E-state index contributed by atoms with van der Waals surface area (Å²) in [6.45, 7) is 7.80. The number of nitrogens with zero attached hydrogens (tertiary/aromatic N) is 2. The molecule has 5 nitrogen and oxygen atoms in total. The molecule has 1 aliphatic carbocycles. The van der Waals surface area contributed by atoms with Gasteiger partial charge in [0.25, 0.3) is 0 Å². The van der Waals surface area contributed by atoms with Gasteiger partial charge < -0.3 is 10.2 Å². The van der Waals surface area contributed by atoms with Gasteiger partial charge in [-0.1, -0.05) is 55.1 Å². The first kappa shape index (κ1) is 21.2. The molecular formula is C26H32N4O. The van der Waals surface area contributed by atoms with Crippen molar-refractivity contribution >= 4 is 6.03 Å². The minimum Gasteiger partial charge on any atom is -0.335 e. The molecule has 2 aromatic rings. The number of aromatic amines is 1. The average molecular weight is 417 g/mol. The Hall–Kier alpha value is -3.08. The number of urea groups is 1. The molecule has 2 atom stereocenters. The monoisotopic (exact) mass is 416 g/mol. The van der Waals surface area contributed by atoms with Crippen LogP contribution in [0.15, 0.2) is 73.1 Å². The molecule has 0 bridgehead atoms. The van der Waals surface area contributed by atoms with E-state index >= 15 is 0 Å². The molecule has 2 fully saturated rings. The third-order valence-corrected chi connectivity index (χ3v) is 6.37. The number of hydrogen-bond donors (Lipinski definition) is 2. The summed E-state index contributed by atoms with van der Waals surface area (Å²) in [5.41, 5.74) is 4.77. The maximum absolute atomic E-state index is 12.7. The fourth-order valence-corrected chi connectivity index (χ4v) is 4.39. The predicted octanol–water partition coefficient (Wildman–Crippen LogP) is 5.12. The Labute approximate surface area is 184 Å². The van der Waals surface area contributed by atoms with Crippen LogP contribution in [-0.4, -0.2) is 40.3 Å². The molecule has 0 radical (unpaired) electrons. The van der Waals surface area contributed by atoms with Crippen LogP contribution in [0.3, 0.4) is 0 Å². The molecule has 1 aliphatic heterocycles. The van der Waals surface area contributed by atoms with Gasteiger partial charge in [0.2, 0.25) is 0 Å². The van der Waals surface area contributed by atoms with Crippen LogP contribution in [0.25, 0.3) is 11.1 Å². The number of nitrogens with one attached hydrogen (secondary N) is 2. The lowest BCUT2D eigenvalue weighted by molar-refractivity contribution is 0.169.